The molecule has 1 saturated heterocycles. The monoisotopic (exact) mass is 446 g/mol. The molecule has 0 N–H and O–H groups in total. The highest BCUT2D eigenvalue weighted by Gasteiger charge is 2.60. The summed E-state index contributed by atoms with van der Waals surface area (Å²) in [6.07, 6.45) is 3.86. The van der Waals surface area contributed by atoms with Crippen molar-refractivity contribution in [3.63, 3.8) is 0 Å². The normalized spacial score (nSPS) is 28.7. The average molecular weight is 447 g/mol. The predicted octanol–water partition coefficient (Wildman–Crippen LogP) is 5.19. The molecule has 4 aliphatic rings. The molecule has 6 nitrogen and oxygen atoms in total. The number of carbonyl (C=O) groups excluding carboxylic acids is 1. The number of piperidine rings is 1. The number of hydrogen-bond donors (Lipinski definition) is 0. The number of nitrogens with zero attached hydrogens (tertiary/aromatic N) is 4. The molecule has 2 aromatic heterocycles. The molecule has 0 bridgehead atoms. The van der Waals surface area contributed by atoms with Gasteiger partial charge in [-0.25, -0.2) is 14.2 Å². The van der Waals surface area contributed by atoms with Crippen molar-refractivity contribution < 1.29 is 13.9 Å². The van der Waals surface area contributed by atoms with E-state index in [4.69, 9.17) is 21.4 Å². The first kappa shape index (κ1) is 19.8. The van der Waals surface area contributed by atoms with Crippen LogP contribution >= 0.6 is 11.6 Å². The van der Waals surface area contributed by atoms with Crippen molar-refractivity contribution in [3.8, 4) is 0 Å². The van der Waals surface area contributed by atoms with Gasteiger partial charge in [-0.3, -0.25) is 4.68 Å². The van der Waals surface area contributed by atoms with E-state index in [2.05, 4.69) is 11.9 Å². The Bertz CT molecular complexity index is 1100. The summed E-state index contributed by atoms with van der Waals surface area (Å²) in [6, 6.07) is 0.251. The van der Waals surface area contributed by atoms with Crippen LogP contribution in [0.5, 0.6) is 0 Å². The first-order chi connectivity index (χ1) is 14.6. The highest BCUT2D eigenvalue weighted by atomic mass is 35.5. The number of aromatic nitrogens is 3. The number of rotatable bonds is 3. The maximum atomic E-state index is 15.2. The highest BCUT2D eigenvalue weighted by Crippen LogP contribution is 2.61. The zero-order valence-electron chi connectivity index (χ0n) is 18.4. The Labute approximate surface area is 186 Å². The quantitative estimate of drug-likeness (QED) is 0.608. The third-order valence-corrected chi connectivity index (χ3v) is 7.65. The molecular formula is C23H28ClFN4O2. The Hall–Kier alpha value is -1.89. The molecule has 1 aliphatic heterocycles. The van der Waals surface area contributed by atoms with E-state index in [0.29, 0.717) is 30.4 Å². The maximum absolute atomic E-state index is 15.2. The van der Waals surface area contributed by atoms with Crippen LogP contribution in [0.15, 0.2) is 0 Å². The fourth-order valence-corrected chi connectivity index (χ4v) is 5.46. The van der Waals surface area contributed by atoms with Crippen LogP contribution in [-0.4, -0.2) is 44.4 Å². The molecule has 3 saturated carbocycles. The van der Waals surface area contributed by atoms with Crippen LogP contribution in [0.25, 0.3) is 10.9 Å². The molecule has 3 atom stereocenters. The topological polar surface area (TPSA) is 60.2 Å². The first-order valence-electron chi connectivity index (χ1n) is 11.3. The minimum Gasteiger partial charge on any atom is -0.444 e. The second-order valence-corrected chi connectivity index (χ2v) is 11.5. The van der Waals surface area contributed by atoms with Gasteiger partial charge in [0.2, 0.25) is 0 Å². The highest BCUT2D eigenvalue weighted by molar-refractivity contribution is 6.30. The summed E-state index contributed by atoms with van der Waals surface area (Å²) in [5.74, 6) is 0.481. The zero-order valence-corrected chi connectivity index (χ0v) is 19.2. The first-order valence-corrected chi connectivity index (χ1v) is 11.7. The summed E-state index contributed by atoms with van der Waals surface area (Å²) in [4.78, 5) is 18.8. The van der Waals surface area contributed by atoms with Crippen molar-refractivity contribution in [3.05, 3.63) is 22.4 Å². The van der Waals surface area contributed by atoms with Crippen LogP contribution in [-0.2, 0) is 10.2 Å². The van der Waals surface area contributed by atoms with E-state index in [9.17, 15) is 4.79 Å². The molecule has 0 radical (unpaired) electrons. The van der Waals surface area contributed by atoms with E-state index in [0.717, 1.165) is 42.5 Å². The van der Waals surface area contributed by atoms with E-state index in [-0.39, 0.29) is 28.6 Å². The van der Waals surface area contributed by atoms with E-state index in [1.807, 2.05) is 25.5 Å². The van der Waals surface area contributed by atoms with Gasteiger partial charge in [0.05, 0.1) is 17.4 Å². The van der Waals surface area contributed by atoms with Gasteiger partial charge < -0.3 is 9.64 Å². The predicted molar refractivity (Wildman–Crippen MR) is 115 cm³/mol. The number of ether oxygens (including phenoxy) is 1. The Balaban J connectivity index is 1.37. The fraction of sp³-hybridized carbons (Fsp3) is 0.696. The number of carbonyl (C=O) groups is 1. The second-order valence-electron chi connectivity index (χ2n) is 11.1. The zero-order chi connectivity index (χ0) is 21.9. The molecule has 1 amide bonds. The summed E-state index contributed by atoms with van der Waals surface area (Å²) in [7, 11) is 0. The molecule has 4 fully saturated rings. The maximum Gasteiger partial charge on any atom is 0.410 e. The molecule has 2 aromatic rings. The van der Waals surface area contributed by atoms with E-state index < -0.39 is 11.4 Å². The SMILES string of the molecule is CC(C)(C)OC(=O)N1C[C@@H]2C(c3nn(C4CC4)c4c(F)c(Cl)nc(C5(C)CC5)c34)[C@@H]2C1. The second kappa shape index (κ2) is 6.12. The van der Waals surface area contributed by atoms with Crippen molar-refractivity contribution >= 4 is 28.6 Å². The molecule has 3 aliphatic carbocycles. The third-order valence-electron chi connectivity index (χ3n) is 7.40. The van der Waals surface area contributed by atoms with Gasteiger partial charge >= 0.3 is 6.09 Å². The summed E-state index contributed by atoms with van der Waals surface area (Å²) >= 11 is 6.25. The number of fused-ring (bicyclic) bond motifs is 2. The van der Waals surface area contributed by atoms with Gasteiger partial charge in [-0.05, 0) is 58.3 Å². The van der Waals surface area contributed by atoms with E-state index >= 15 is 4.39 Å². The van der Waals surface area contributed by atoms with Gasteiger partial charge in [-0.2, -0.15) is 5.10 Å². The standard InChI is InChI=1S/C23H28ClFN4O2/c1-22(2,3)31-21(30)28-9-12-13(10-28)14(12)17-15-18(29(27-17)11-5-6-11)16(25)20(24)26-19(15)23(4)7-8-23/h11-14H,5-10H2,1-4H3/t12-,13+,14?. The summed E-state index contributed by atoms with van der Waals surface area (Å²) in [6.45, 7) is 9.16. The fourth-order valence-electron chi connectivity index (χ4n) is 5.28. The Morgan fingerprint density at radius 3 is 2.42 bits per heavy atom. The van der Waals surface area contributed by atoms with Gasteiger partial charge in [-0.1, -0.05) is 18.5 Å². The minimum atomic E-state index is -0.500. The van der Waals surface area contributed by atoms with Crippen molar-refractivity contribution in [2.75, 3.05) is 13.1 Å². The molecule has 8 heteroatoms. The molecule has 6 rings (SSSR count). The van der Waals surface area contributed by atoms with Crippen LogP contribution in [0.3, 0.4) is 0 Å². The molecule has 31 heavy (non-hydrogen) atoms. The molecule has 1 unspecified atom stereocenters. The number of amides is 1. The molecule has 0 aromatic carbocycles. The minimum absolute atomic E-state index is 0.0453. The van der Waals surface area contributed by atoms with E-state index in [1.54, 1.807) is 4.90 Å². The molecule has 3 heterocycles. The van der Waals surface area contributed by atoms with E-state index in [1.165, 1.54) is 0 Å². The van der Waals surface area contributed by atoms with Crippen molar-refractivity contribution in [1.82, 2.24) is 19.7 Å². The van der Waals surface area contributed by atoms with Gasteiger partial charge in [0.15, 0.2) is 11.0 Å². The number of likely N-dealkylation sites (tertiary alicyclic amines) is 1. The van der Waals surface area contributed by atoms with Crippen LogP contribution in [0.1, 0.15) is 76.7 Å². The van der Waals surface area contributed by atoms with Gasteiger partial charge in [0.25, 0.3) is 0 Å². The van der Waals surface area contributed by atoms with Crippen molar-refractivity contribution in [2.45, 2.75) is 76.4 Å². The van der Waals surface area contributed by atoms with Crippen molar-refractivity contribution in [2.24, 2.45) is 11.8 Å². The largest absolute Gasteiger partial charge is 0.444 e. The van der Waals surface area contributed by atoms with Crippen LogP contribution in [0.2, 0.25) is 5.15 Å². The lowest BCUT2D eigenvalue weighted by Gasteiger charge is -2.25. The van der Waals surface area contributed by atoms with Crippen LogP contribution < -0.4 is 0 Å². The molecular weight excluding hydrogens is 419 g/mol. The van der Waals surface area contributed by atoms with Gasteiger partial charge in [-0.15, -0.1) is 0 Å². The van der Waals surface area contributed by atoms with Crippen molar-refractivity contribution in [1.29, 1.82) is 0 Å². The van der Waals surface area contributed by atoms with Crippen LogP contribution in [0, 0.1) is 17.7 Å². The Morgan fingerprint density at radius 2 is 1.87 bits per heavy atom. The van der Waals surface area contributed by atoms with Gasteiger partial charge in [0, 0.05) is 29.8 Å². The van der Waals surface area contributed by atoms with Gasteiger partial charge in [0.1, 0.15) is 11.1 Å². The number of halogens is 2. The lowest BCUT2D eigenvalue weighted by Crippen LogP contribution is -2.36. The lowest BCUT2D eigenvalue weighted by atomic mass is 9.97. The summed E-state index contributed by atoms with van der Waals surface area (Å²) in [5.41, 5.74) is 1.86. The van der Waals surface area contributed by atoms with Crippen LogP contribution in [0.4, 0.5) is 9.18 Å². The molecule has 0 spiro atoms. The number of pyridine rings is 1. The Morgan fingerprint density at radius 1 is 1.23 bits per heavy atom. The molecule has 166 valence electrons. The Kier molecular flexibility index (Phi) is 3.90. The third kappa shape index (κ3) is 3.06. The average Bonchev–Trinajstić information content (AvgIpc) is 3.65. The summed E-state index contributed by atoms with van der Waals surface area (Å²) in [5, 5.41) is 5.81. The number of hydrogen-bond acceptors (Lipinski definition) is 4. The summed E-state index contributed by atoms with van der Waals surface area (Å²) < 4.78 is 22.6. The lowest BCUT2D eigenvalue weighted by molar-refractivity contribution is 0.0271. The smallest absolute Gasteiger partial charge is 0.410 e.